The lowest BCUT2D eigenvalue weighted by Crippen LogP contribution is -2.13. The normalized spacial score (nSPS) is 10.6. The van der Waals surface area contributed by atoms with E-state index in [0.29, 0.717) is 17.1 Å². The summed E-state index contributed by atoms with van der Waals surface area (Å²) in [6.45, 7) is 2.18. The van der Waals surface area contributed by atoms with Gasteiger partial charge in [-0.15, -0.1) is 0 Å². The monoisotopic (exact) mass is 279 g/mol. The molecule has 19 heavy (non-hydrogen) atoms. The van der Waals surface area contributed by atoms with E-state index in [1.54, 1.807) is 35.0 Å². The number of nitrogen functional groups attached to an aromatic ring is 1. The van der Waals surface area contributed by atoms with Gasteiger partial charge < -0.3 is 0 Å². The van der Waals surface area contributed by atoms with Crippen LogP contribution in [-0.2, 0) is 0 Å². The van der Waals surface area contributed by atoms with Crippen molar-refractivity contribution in [3.63, 3.8) is 0 Å². The predicted molar refractivity (Wildman–Crippen MR) is 75.0 cm³/mol. The zero-order valence-corrected chi connectivity index (χ0v) is 11.6. The van der Waals surface area contributed by atoms with Gasteiger partial charge in [-0.2, -0.15) is 15.0 Å². The van der Waals surface area contributed by atoms with Crippen LogP contribution in [0.5, 0.6) is 0 Å². The van der Waals surface area contributed by atoms with Crippen LogP contribution in [0.2, 0.25) is 0 Å². The van der Waals surface area contributed by atoms with Crippen LogP contribution in [0.1, 0.15) is 26.2 Å². The lowest BCUT2D eigenvalue weighted by Gasteiger charge is -2.06. The Kier molecular flexibility index (Phi) is 5.10. The van der Waals surface area contributed by atoms with Crippen LogP contribution in [0.15, 0.2) is 23.9 Å². The Morgan fingerprint density at radius 1 is 1.32 bits per heavy atom. The number of anilines is 1. The van der Waals surface area contributed by atoms with Crippen LogP contribution in [0.25, 0.3) is 5.95 Å². The van der Waals surface area contributed by atoms with E-state index in [4.69, 9.17) is 5.84 Å². The quantitative estimate of drug-likeness (QED) is 0.344. The highest BCUT2D eigenvalue weighted by molar-refractivity contribution is 7.99. The molecule has 2 heterocycles. The van der Waals surface area contributed by atoms with Crippen molar-refractivity contribution in [2.45, 2.75) is 31.3 Å². The Morgan fingerprint density at radius 2 is 2.21 bits per heavy atom. The third-order valence-corrected chi connectivity index (χ3v) is 3.38. The average molecular weight is 279 g/mol. The summed E-state index contributed by atoms with van der Waals surface area (Å²) in [5, 5.41) is 0.669. The summed E-state index contributed by atoms with van der Waals surface area (Å²) >= 11 is 1.61. The van der Waals surface area contributed by atoms with Gasteiger partial charge >= 0.3 is 0 Å². The van der Waals surface area contributed by atoms with Crippen molar-refractivity contribution < 1.29 is 0 Å². The van der Waals surface area contributed by atoms with Gasteiger partial charge in [0.1, 0.15) is 6.33 Å². The fraction of sp³-hybridized carbons (Fsp3) is 0.455. The van der Waals surface area contributed by atoms with Gasteiger partial charge in [-0.05, 0) is 6.42 Å². The van der Waals surface area contributed by atoms with E-state index in [-0.39, 0.29) is 0 Å². The number of unbranched alkanes of at least 4 members (excludes halogenated alkanes) is 2. The first-order valence-electron chi connectivity index (χ1n) is 6.17. The Bertz CT molecular complexity index is 500. The van der Waals surface area contributed by atoms with E-state index in [1.807, 2.05) is 0 Å². The zero-order chi connectivity index (χ0) is 13.5. The first-order valence-corrected chi connectivity index (χ1v) is 7.16. The van der Waals surface area contributed by atoms with Crippen molar-refractivity contribution in [3.8, 4) is 5.95 Å². The van der Waals surface area contributed by atoms with E-state index >= 15 is 0 Å². The molecular weight excluding hydrogens is 262 g/mol. The van der Waals surface area contributed by atoms with Crippen molar-refractivity contribution in [1.29, 1.82) is 0 Å². The van der Waals surface area contributed by atoms with Crippen molar-refractivity contribution in [2.75, 3.05) is 11.2 Å². The van der Waals surface area contributed by atoms with E-state index < -0.39 is 0 Å². The maximum absolute atomic E-state index is 5.38. The zero-order valence-electron chi connectivity index (χ0n) is 10.8. The Balaban J connectivity index is 2.12. The number of thioether (sulfide) groups is 1. The summed E-state index contributed by atoms with van der Waals surface area (Å²) < 4.78 is 1.72. The maximum Gasteiger partial charge on any atom is 0.242 e. The molecule has 2 rings (SSSR count). The van der Waals surface area contributed by atoms with Crippen LogP contribution < -0.4 is 11.3 Å². The molecule has 102 valence electrons. The molecule has 0 aliphatic carbocycles. The molecule has 3 N–H and O–H groups in total. The van der Waals surface area contributed by atoms with Gasteiger partial charge in [0.25, 0.3) is 0 Å². The van der Waals surface area contributed by atoms with Gasteiger partial charge in [0.2, 0.25) is 11.9 Å². The third-order valence-electron chi connectivity index (χ3n) is 2.45. The van der Waals surface area contributed by atoms with E-state index in [9.17, 15) is 0 Å². The first kappa shape index (κ1) is 13.8. The van der Waals surface area contributed by atoms with E-state index in [0.717, 1.165) is 12.2 Å². The second kappa shape index (κ2) is 7.05. The molecule has 0 atom stereocenters. The molecule has 2 aromatic rings. The molecule has 8 heteroatoms. The van der Waals surface area contributed by atoms with Crippen molar-refractivity contribution in [2.24, 2.45) is 5.84 Å². The molecule has 0 bridgehead atoms. The minimum atomic E-state index is 0.358. The van der Waals surface area contributed by atoms with Gasteiger partial charge in [0, 0.05) is 18.1 Å². The number of hydrogen-bond acceptors (Lipinski definition) is 7. The summed E-state index contributed by atoms with van der Waals surface area (Å²) in [6, 6.07) is 0. The first-order chi connectivity index (χ1) is 9.33. The predicted octanol–water partition coefficient (Wildman–Crippen LogP) is 1.63. The van der Waals surface area contributed by atoms with Crippen molar-refractivity contribution in [1.82, 2.24) is 24.5 Å². The standard InChI is InChI=1S/C11H17N7S/c1-2-3-4-7-19-11-15-9(17-12)14-10(16-11)18-6-5-13-8-18/h5-6,8H,2-4,7,12H2,1H3,(H,14,15,16,17). The summed E-state index contributed by atoms with van der Waals surface area (Å²) in [7, 11) is 0. The van der Waals surface area contributed by atoms with Crippen molar-refractivity contribution in [3.05, 3.63) is 18.7 Å². The molecule has 0 saturated carbocycles. The fourth-order valence-electron chi connectivity index (χ4n) is 1.48. The van der Waals surface area contributed by atoms with Crippen LogP contribution >= 0.6 is 11.8 Å². The van der Waals surface area contributed by atoms with Crippen LogP contribution in [0.4, 0.5) is 5.95 Å². The highest BCUT2D eigenvalue weighted by Crippen LogP contribution is 2.17. The number of imidazole rings is 1. The van der Waals surface area contributed by atoms with Gasteiger partial charge in [0.15, 0.2) is 5.16 Å². The summed E-state index contributed by atoms with van der Waals surface area (Å²) in [4.78, 5) is 16.8. The number of nitrogens with zero attached hydrogens (tertiary/aromatic N) is 5. The molecule has 0 unspecified atom stereocenters. The molecule has 7 nitrogen and oxygen atoms in total. The molecule has 0 aromatic carbocycles. The smallest absolute Gasteiger partial charge is 0.242 e. The largest absolute Gasteiger partial charge is 0.292 e. The highest BCUT2D eigenvalue weighted by atomic mass is 32.2. The topological polar surface area (TPSA) is 94.5 Å². The number of hydrazine groups is 1. The summed E-state index contributed by atoms with van der Waals surface area (Å²) in [6.07, 6.45) is 8.66. The summed E-state index contributed by atoms with van der Waals surface area (Å²) in [5.41, 5.74) is 2.46. The molecule has 0 radical (unpaired) electrons. The summed E-state index contributed by atoms with van der Waals surface area (Å²) in [5.74, 6) is 7.24. The second-order valence-corrected chi connectivity index (χ2v) is 4.97. The molecule has 0 aliphatic heterocycles. The van der Waals surface area contributed by atoms with Crippen molar-refractivity contribution >= 4 is 17.7 Å². The van der Waals surface area contributed by atoms with Gasteiger partial charge in [-0.1, -0.05) is 31.5 Å². The second-order valence-electron chi connectivity index (χ2n) is 3.91. The maximum atomic E-state index is 5.38. The minimum absolute atomic E-state index is 0.358. The van der Waals surface area contributed by atoms with Crippen LogP contribution in [0, 0.1) is 0 Å². The minimum Gasteiger partial charge on any atom is -0.292 e. The lowest BCUT2D eigenvalue weighted by atomic mass is 10.3. The molecule has 0 amide bonds. The molecule has 0 fully saturated rings. The number of aromatic nitrogens is 5. The fourth-order valence-corrected chi connectivity index (χ4v) is 2.31. The molecule has 0 spiro atoms. The Hall–Kier alpha value is -1.67. The number of rotatable bonds is 7. The van der Waals surface area contributed by atoms with Gasteiger partial charge in [-0.25, -0.2) is 10.8 Å². The van der Waals surface area contributed by atoms with Gasteiger partial charge in [-0.3, -0.25) is 9.99 Å². The lowest BCUT2D eigenvalue weighted by molar-refractivity contribution is 0.774. The SMILES string of the molecule is CCCCCSc1nc(NN)nc(-n2ccnc2)n1. The van der Waals surface area contributed by atoms with E-state index in [2.05, 4.69) is 32.3 Å². The number of nitrogens with two attached hydrogens (primary N) is 1. The van der Waals surface area contributed by atoms with Crippen LogP contribution in [0.3, 0.4) is 0 Å². The van der Waals surface area contributed by atoms with Gasteiger partial charge in [0.05, 0.1) is 0 Å². The van der Waals surface area contributed by atoms with Crippen LogP contribution in [-0.4, -0.2) is 30.3 Å². The Labute approximate surface area is 116 Å². The number of hydrogen-bond donors (Lipinski definition) is 2. The highest BCUT2D eigenvalue weighted by Gasteiger charge is 2.07. The Morgan fingerprint density at radius 3 is 2.89 bits per heavy atom. The molecule has 0 saturated heterocycles. The van der Waals surface area contributed by atoms with E-state index in [1.165, 1.54) is 12.8 Å². The number of nitrogens with one attached hydrogen (secondary N) is 1. The molecular formula is C11H17N7S. The molecule has 0 aliphatic rings. The molecule has 2 aromatic heterocycles. The third kappa shape index (κ3) is 3.90. The average Bonchev–Trinajstić information content (AvgIpc) is 2.97.